The minimum atomic E-state index is -0.200. The number of rotatable bonds is 4. The van der Waals surface area contributed by atoms with Gasteiger partial charge in [-0.05, 0) is 30.7 Å². The highest BCUT2D eigenvalue weighted by Gasteiger charge is 2.13. The molecule has 1 aromatic carbocycles. The van der Waals surface area contributed by atoms with Gasteiger partial charge in [-0.2, -0.15) is 0 Å². The molecule has 5 nitrogen and oxygen atoms in total. The van der Waals surface area contributed by atoms with Gasteiger partial charge in [0.2, 0.25) is 11.8 Å². The first kappa shape index (κ1) is 11.6. The molecule has 1 unspecified atom stereocenters. The van der Waals surface area contributed by atoms with Gasteiger partial charge in [0.15, 0.2) is 0 Å². The van der Waals surface area contributed by atoms with Crippen LogP contribution in [0.4, 0.5) is 0 Å². The zero-order valence-electron chi connectivity index (χ0n) is 9.88. The van der Waals surface area contributed by atoms with Crippen LogP contribution in [0.5, 0.6) is 5.75 Å². The highest BCUT2D eigenvalue weighted by Crippen LogP contribution is 2.23. The van der Waals surface area contributed by atoms with Crippen LogP contribution in [0.1, 0.15) is 25.3 Å². The lowest BCUT2D eigenvalue weighted by Gasteiger charge is -2.01. The molecule has 0 bridgehead atoms. The molecule has 90 valence electrons. The van der Waals surface area contributed by atoms with Gasteiger partial charge in [-0.1, -0.05) is 6.92 Å². The average Bonchev–Trinajstić information content (AvgIpc) is 2.87. The Bertz CT molecular complexity index is 479. The molecule has 0 radical (unpaired) electrons. The van der Waals surface area contributed by atoms with Crippen LogP contribution in [0.2, 0.25) is 0 Å². The number of ether oxygens (including phenoxy) is 1. The predicted molar refractivity (Wildman–Crippen MR) is 63.5 cm³/mol. The lowest BCUT2D eigenvalue weighted by molar-refractivity contribution is 0.414. The second kappa shape index (κ2) is 4.97. The Kier molecular flexibility index (Phi) is 3.39. The van der Waals surface area contributed by atoms with E-state index in [1.165, 1.54) is 0 Å². The molecule has 0 aliphatic carbocycles. The average molecular weight is 233 g/mol. The van der Waals surface area contributed by atoms with E-state index in [2.05, 4.69) is 10.2 Å². The van der Waals surface area contributed by atoms with E-state index in [1.54, 1.807) is 7.11 Å². The van der Waals surface area contributed by atoms with Crippen LogP contribution < -0.4 is 10.5 Å². The Morgan fingerprint density at radius 1 is 1.29 bits per heavy atom. The number of hydrogen-bond donors (Lipinski definition) is 1. The highest BCUT2D eigenvalue weighted by atomic mass is 16.5. The van der Waals surface area contributed by atoms with E-state index in [1.807, 2.05) is 31.2 Å². The predicted octanol–water partition coefficient (Wildman–Crippen LogP) is 2.16. The lowest BCUT2D eigenvalue weighted by atomic mass is 10.2. The van der Waals surface area contributed by atoms with E-state index in [9.17, 15) is 0 Å². The van der Waals surface area contributed by atoms with E-state index in [0.29, 0.717) is 11.8 Å². The summed E-state index contributed by atoms with van der Waals surface area (Å²) >= 11 is 0. The summed E-state index contributed by atoms with van der Waals surface area (Å²) in [4.78, 5) is 0. The summed E-state index contributed by atoms with van der Waals surface area (Å²) in [5, 5.41) is 7.91. The molecule has 0 aliphatic rings. The van der Waals surface area contributed by atoms with Gasteiger partial charge in [0, 0.05) is 5.56 Å². The monoisotopic (exact) mass is 233 g/mol. The van der Waals surface area contributed by atoms with Gasteiger partial charge in [0.25, 0.3) is 0 Å². The standard InChI is InChI=1S/C12H15N3O2/c1-3-10(13)12-15-14-11(17-12)8-4-6-9(16-2)7-5-8/h4-7,10H,3,13H2,1-2H3. The van der Waals surface area contributed by atoms with Crippen LogP contribution in [-0.4, -0.2) is 17.3 Å². The Morgan fingerprint density at radius 3 is 2.59 bits per heavy atom. The molecule has 0 saturated heterocycles. The second-order valence-corrected chi connectivity index (χ2v) is 3.69. The van der Waals surface area contributed by atoms with Crippen LogP contribution in [-0.2, 0) is 0 Å². The van der Waals surface area contributed by atoms with Crippen molar-refractivity contribution in [3.05, 3.63) is 30.2 Å². The zero-order chi connectivity index (χ0) is 12.3. The van der Waals surface area contributed by atoms with Gasteiger partial charge in [-0.3, -0.25) is 0 Å². The topological polar surface area (TPSA) is 74.2 Å². The van der Waals surface area contributed by atoms with Crippen LogP contribution in [0.3, 0.4) is 0 Å². The first-order chi connectivity index (χ1) is 8.24. The fourth-order valence-corrected chi connectivity index (χ4v) is 1.41. The van der Waals surface area contributed by atoms with E-state index >= 15 is 0 Å². The van der Waals surface area contributed by atoms with Crippen LogP contribution in [0, 0.1) is 0 Å². The van der Waals surface area contributed by atoms with Crippen molar-refractivity contribution in [3.8, 4) is 17.2 Å². The molecule has 2 rings (SSSR count). The van der Waals surface area contributed by atoms with Crippen LogP contribution >= 0.6 is 0 Å². The normalized spacial score (nSPS) is 12.4. The molecular formula is C12H15N3O2. The van der Waals surface area contributed by atoms with E-state index in [4.69, 9.17) is 14.9 Å². The summed E-state index contributed by atoms with van der Waals surface area (Å²) in [5.74, 6) is 1.74. The Morgan fingerprint density at radius 2 is 2.00 bits per heavy atom. The summed E-state index contributed by atoms with van der Waals surface area (Å²) < 4.78 is 10.6. The van der Waals surface area contributed by atoms with Crippen molar-refractivity contribution >= 4 is 0 Å². The molecule has 17 heavy (non-hydrogen) atoms. The van der Waals surface area contributed by atoms with E-state index in [-0.39, 0.29) is 6.04 Å². The quantitative estimate of drug-likeness (QED) is 0.875. The van der Waals surface area contributed by atoms with Crippen LogP contribution in [0.15, 0.2) is 28.7 Å². The van der Waals surface area contributed by atoms with Crippen molar-refractivity contribution in [1.29, 1.82) is 0 Å². The Labute approximate surface area is 99.6 Å². The minimum Gasteiger partial charge on any atom is -0.497 e. The smallest absolute Gasteiger partial charge is 0.247 e. The maximum atomic E-state index is 5.82. The van der Waals surface area contributed by atoms with Gasteiger partial charge in [-0.15, -0.1) is 10.2 Å². The highest BCUT2D eigenvalue weighted by molar-refractivity contribution is 5.53. The molecule has 1 atom stereocenters. The maximum absolute atomic E-state index is 5.82. The molecule has 0 aliphatic heterocycles. The van der Waals surface area contributed by atoms with Gasteiger partial charge < -0.3 is 14.9 Å². The van der Waals surface area contributed by atoms with Crippen molar-refractivity contribution in [2.75, 3.05) is 7.11 Å². The largest absolute Gasteiger partial charge is 0.497 e. The maximum Gasteiger partial charge on any atom is 0.247 e. The summed E-state index contributed by atoms with van der Waals surface area (Å²) in [7, 11) is 1.63. The number of methoxy groups -OCH3 is 1. The first-order valence-corrected chi connectivity index (χ1v) is 5.48. The van der Waals surface area contributed by atoms with Gasteiger partial charge in [0.1, 0.15) is 5.75 Å². The van der Waals surface area contributed by atoms with Gasteiger partial charge in [0.05, 0.1) is 13.2 Å². The van der Waals surface area contributed by atoms with E-state index in [0.717, 1.165) is 17.7 Å². The minimum absolute atomic E-state index is 0.200. The molecule has 5 heteroatoms. The molecule has 0 fully saturated rings. The fraction of sp³-hybridized carbons (Fsp3) is 0.333. The third-order valence-corrected chi connectivity index (χ3v) is 2.53. The number of hydrogen-bond acceptors (Lipinski definition) is 5. The molecule has 0 spiro atoms. The third-order valence-electron chi connectivity index (χ3n) is 2.53. The molecule has 1 aromatic heterocycles. The first-order valence-electron chi connectivity index (χ1n) is 5.48. The Balaban J connectivity index is 2.24. The molecule has 2 aromatic rings. The number of aromatic nitrogens is 2. The summed E-state index contributed by atoms with van der Waals surface area (Å²) in [6, 6.07) is 7.23. The lowest BCUT2D eigenvalue weighted by Crippen LogP contribution is -2.08. The summed E-state index contributed by atoms with van der Waals surface area (Å²) in [6.45, 7) is 1.97. The number of nitrogens with two attached hydrogens (primary N) is 1. The summed E-state index contributed by atoms with van der Waals surface area (Å²) in [5.41, 5.74) is 6.67. The summed E-state index contributed by atoms with van der Waals surface area (Å²) in [6.07, 6.45) is 0.768. The molecular weight excluding hydrogens is 218 g/mol. The van der Waals surface area contributed by atoms with Crippen molar-refractivity contribution in [2.45, 2.75) is 19.4 Å². The van der Waals surface area contributed by atoms with Gasteiger partial charge in [-0.25, -0.2) is 0 Å². The van der Waals surface area contributed by atoms with Crippen molar-refractivity contribution in [3.63, 3.8) is 0 Å². The van der Waals surface area contributed by atoms with Crippen molar-refractivity contribution in [1.82, 2.24) is 10.2 Å². The molecule has 0 saturated carbocycles. The zero-order valence-corrected chi connectivity index (χ0v) is 9.88. The van der Waals surface area contributed by atoms with Crippen molar-refractivity contribution < 1.29 is 9.15 Å². The van der Waals surface area contributed by atoms with E-state index < -0.39 is 0 Å². The number of benzene rings is 1. The number of nitrogens with zero attached hydrogens (tertiary/aromatic N) is 2. The second-order valence-electron chi connectivity index (χ2n) is 3.69. The third kappa shape index (κ3) is 2.45. The Hall–Kier alpha value is -1.88. The molecule has 0 amide bonds. The van der Waals surface area contributed by atoms with Crippen molar-refractivity contribution in [2.24, 2.45) is 5.73 Å². The van der Waals surface area contributed by atoms with Gasteiger partial charge >= 0.3 is 0 Å². The molecule has 2 N–H and O–H groups in total. The SMILES string of the molecule is CCC(N)c1nnc(-c2ccc(OC)cc2)o1. The molecule has 1 heterocycles. The van der Waals surface area contributed by atoms with Crippen LogP contribution in [0.25, 0.3) is 11.5 Å². The fourth-order valence-electron chi connectivity index (χ4n) is 1.41.